The minimum absolute atomic E-state index is 0.256. The van der Waals surface area contributed by atoms with Crippen LogP contribution in [-0.4, -0.2) is 51.2 Å². The third-order valence-corrected chi connectivity index (χ3v) is 2.76. The lowest BCUT2D eigenvalue weighted by atomic mass is 10.2. The number of benzene rings is 1. The highest BCUT2D eigenvalue weighted by molar-refractivity contribution is 5.31. The van der Waals surface area contributed by atoms with Gasteiger partial charge < -0.3 is 24.6 Å². The van der Waals surface area contributed by atoms with Gasteiger partial charge in [0.1, 0.15) is 24.2 Å². The first kappa shape index (κ1) is 17.8. The summed E-state index contributed by atoms with van der Waals surface area (Å²) in [4.78, 5) is 0. The largest absolute Gasteiger partial charge is 0.497 e. The lowest BCUT2D eigenvalue weighted by molar-refractivity contribution is 0.0924. The van der Waals surface area contributed by atoms with Gasteiger partial charge in [0, 0.05) is 19.7 Å². The Kier molecular flexibility index (Phi) is 8.82. The van der Waals surface area contributed by atoms with E-state index in [1.807, 2.05) is 24.3 Å². The van der Waals surface area contributed by atoms with Crippen LogP contribution in [0.15, 0.2) is 24.3 Å². The van der Waals surface area contributed by atoms with Crippen molar-refractivity contribution in [2.24, 2.45) is 5.92 Å². The first-order chi connectivity index (χ1) is 10.1. The number of aliphatic hydroxyl groups excluding tert-OH is 1. The second-order valence-corrected chi connectivity index (χ2v) is 5.31. The number of ether oxygens (including phenoxy) is 3. The van der Waals surface area contributed by atoms with Gasteiger partial charge in [0.25, 0.3) is 0 Å². The molecule has 0 saturated carbocycles. The molecule has 0 radical (unpaired) electrons. The monoisotopic (exact) mass is 297 g/mol. The summed E-state index contributed by atoms with van der Waals surface area (Å²) >= 11 is 0. The number of hydrogen-bond donors (Lipinski definition) is 2. The van der Waals surface area contributed by atoms with Crippen LogP contribution in [0.1, 0.15) is 13.8 Å². The third kappa shape index (κ3) is 8.55. The Morgan fingerprint density at radius 3 is 2.38 bits per heavy atom. The number of methoxy groups -OCH3 is 1. The van der Waals surface area contributed by atoms with E-state index < -0.39 is 6.10 Å². The minimum Gasteiger partial charge on any atom is -0.497 e. The summed E-state index contributed by atoms with van der Waals surface area (Å²) in [5, 5.41) is 12.9. The Morgan fingerprint density at radius 1 is 1.10 bits per heavy atom. The van der Waals surface area contributed by atoms with Crippen LogP contribution in [-0.2, 0) is 4.74 Å². The number of nitrogens with one attached hydrogen (secondary N) is 1. The van der Waals surface area contributed by atoms with Crippen LogP contribution in [0.25, 0.3) is 0 Å². The summed E-state index contributed by atoms with van der Waals surface area (Å²) in [5.41, 5.74) is 0. The minimum atomic E-state index is -0.544. The van der Waals surface area contributed by atoms with Gasteiger partial charge in [0.05, 0.1) is 13.7 Å². The molecule has 0 aliphatic rings. The highest BCUT2D eigenvalue weighted by Crippen LogP contribution is 2.16. The van der Waals surface area contributed by atoms with Gasteiger partial charge in [0.2, 0.25) is 0 Å². The van der Waals surface area contributed by atoms with Crippen molar-refractivity contribution < 1.29 is 19.3 Å². The van der Waals surface area contributed by atoms with Crippen LogP contribution >= 0.6 is 0 Å². The fraction of sp³-hybridized carbons (Fsp3) is 0.625. The molecule has 21 heavy (non-hydrogen) atoms. The zero-order chi connectivity index (χ0) is 15.5. The van der Waals surface area contributed by atoms with E-state index >= 15 is 0 Å². The van der Waals surface area contributed by atoms with Gasteiger partial charge in [0.15, 0.2) is 0 Å². The van der Waals surface area contributed by atoms with Crippen molar-refractivity contribution in [1.82, 2.24) is 5.32 Å². The van der Waals surface area contributed by atoms with E-state index in [1.165, 1.54) is 0 Å². The Balaban J connectivity index is 2.06. The molecule has 5 heteroatoms. The molecule has 0 aliphatic carbocycles. The van der Waals surface area contributed by atoms with Crippen molar-refractivity contribution in [2.45, 2.75) is 20.0 Å². The molecule has 0 bridgehead atoms. The Labute approximate surface area is 127 Å². The molecule has 0 spiro atoms. The van der Waals surface area contributed by atoms with E-state index in [0.29, 0.717) is 19.1 Å². The zero-order valence-corrected chi connectivity index (χ0v) is 13.2. The van der Waals surface area contributed by atoms with Crippen molar-refractivity contribution in [1.29, 1.82) is 0 Å². The zero-order valence-electron chi connectivity index (χ0n) is 13.2. The molecular formula is C16H27NO4. The van der Waals surface area contributed by atoms with Crippen molar-refractivity contribution in [3.63, 3.8) is 0 Å². The molecule has 1 unspecified atom stereocenters. The average molecular weight is 297 g/mol. The lowest BCUT2D eigenvalue weighted by Gasteiger charge is -2.14. The SMILES string of the molecule is COc1ccc(OCC(O)CNCCOCC(C)C)cc1. The molecule has 1 rings (SSSR count). The molecule has 1 aromatic carbocycles. The molecule has 0 aliphatic heterocycles. The molecule has 1 aromatic rings. The highest BCUT2D eigenvalue weighted by atomic mass is 16.5. The first-order valence-corrected chi connectivity index (χ1v) is 7.35. The van der Waals surface area contributed by atoms with Crippen LogP contribution in [0.2, 0.25) is 0 Å². The predicted octanol–water partition coefficient (Wildman–Crippen LogP) is 1.70. The van der Waals surface area contributed by atoms with Gasteiger partial charge >= 0.3 is 0 Å². The number of hydrogen-bond acceptors (Lipinski definition) is 5. The standard InChI is InChI=1S/C16H27NO4/c1-13(2)11-20-9-8-17-10-14(18)12-21-16-6-4-15(19-3)5-7-16/h4-7,13-14,17-18H,8-12H2,1-3H3. The van der Waals surface area contributed by atoms with Gasteiger partial charge in [-0.2, -0.15) is 0 Å². The van der Waals surface area contributed by atoms with Crippen LogP contribution in [0.5, 0.6) is 11.5 Å². The molecule has 0 saturated heterocycles. The van der Waals surface area contributed by atoms with Crippen molar-refractivity contribution >= 4 is 0 Å². The smallest absolute Gasteiger partial charge is 0.119 e. The molecule has 0 fully saturated rings. The van der Waals surface area contributed by atoms with Crippen molar-refractivity contribution in [2.75, 3.05) is 40.0 Å². The van der Waals surface area contributed by atoms with Crippen LogP contribution in [0.3, 0.4) is 0 Å². The molecule has 0 amide bonds. The Morgan fingerprint density at radius 2 is 1.76 bits per heavy atom. The molecule has 120 valence electrons. The van der Waals surface area contributed by atoms with E-state index in [9.17, 15) is 5.11 Å². The van der Waals surface area contributed by atoms with Crippen molar-refractivity contribution in [3.8, 4) is 11.5 Å². The van der Waals surface area contributed by atoms with Gasteiger partial charge in [-0.15, -0.1) is 0 Å². The van der Waals surface area contributed by atoms with E-state index in [0.717, 1.165) is 24.7 Å². The normalized spacial score (nSPS) is 12.4. The fourth-order valence-electron chi connectivity index (χ4n) is 1.66. The summed E-state index contributed by atoms with van der Waals surface area (Å²) in [6, 6.07) is 7.29. The molecule has 0 heterocycles. The summed E-state index contributed by atoms with van der Waals surface area (Å²) in [5.74, 6) is 2.05. The van der Waals surface area contributed by atoms with Gasteiger partial charge in [-0.1, -0.05) is 13.8 Å². The fourth-order valence-corrected chi connectivity index (χ4v) is 1.66. The van der Waals surface area contributed by atoms with E-state index in [4.69, 9.17) is 14.2 Å². The van der Waals surface area contributed by atoms with Gasteiger partial charge in [-0.3, -0.25) is 0 Å². The average Bonchev–Trinajstić information content (AvgIpc) is 2.49. The van der Waals surface area contributed by atoms with Crippen LogP contribution in [0.4, 0.5) is 0 Å². The van der Waals surface area contributed by atoms with Gasteiger partial charge in [-0.25, -0.2) is 0 Å². The quantitative estimate of drug-likeness (QED) is 0.609. The molecule has 0 aromatic heterocycles. The van der Waals surface area contributed by atoms with E-state index in [1.54, 1.807) is 7.11 Å². The maximum atomic E-state index is 9.80. The van der Waals surface area contributed by atoms with E-state index in [-0.39, 0.29) is 6.61 Å². The maximum absolute atomic E-state index is 9.80. The topological polar surface area (TPSA) is 60.0 Å². The predicted molar refractivity (Wildman–Crippen MR) is 83.0 cm³/mol. The summed E-state index contributed by atoms with van der Waals surface area (Å²) in [6.45, 7) is 7.14. The highest BCUT2D eigenvalue weighted by Gasteiger charge is 2.05. The lowest BCUT2D eigenvalue weighted by Crippen LogP contribution is -2.33. The number of rotatable bonds is 11. The van der Waals surface area contributed by atoms with E-state index in [2.05, 4.69) is 19.2 Å². The second kappa shape index (κ2) is 10.4. The summed E-state index contributed by atoms with van der Waals surface area (Å²) < 4.78 is 16.0. The van der Waals surface area contributed by atoms with Crippen LogP contribution in [0, 0.1) is 5.92 Å². The van der Waals surface area contributed by atoms with Crippen LogP contribution < -0.4 is 14.8 Å². The molecule has 5 nitrogen and oxygen atoms in total. The van der Waals surface area contributed by atoms with Crippen molar-refractivity contribution in [3.05, 3.63) is 24.3 Å². The summed E-state index contributed by atoms with van der Waals surface area (Å²) in [7, 11) is 1.62. The molecular weight excluding hydrogens is 270 g/mol. The van der Waals surface area contributed by atoms with Gasteiger partial charge in [-0.05, 0) is 30.2 Å². The first-order valence-electron chi connectivity index (χ1n) is 7.35. The molecule has 1 atom stereocenters. The third-order valence-electron chi connectivity index (χ3n) is 2.76. The number of aliphatic hydroxyl groups is 1. The molecule has 2 N–H and O–H groups in total. The summed E-state index contributed by atoms with van der Waals surface area (Å²) in [6.07, 6.45) is -0.544. The Bertz CT molecular complexity index is 367. The maximum Gasteiger partial charge on any atom is 0.119 e. The second-order valence-electron chi connectivity index (χ2n) is 5.31. The Hall–Kier alpha value is -1.30.